The van der Waals surface area contributed by atoms with E-state index in [9.17, 15) is 9.59 Å². The summed E-state index contributed by atoms with van der Waals surface area (Å²) in [6, 6.07) is 13.9. The molecule has 3 rings (SSSR count). The van der Waals surface area contributed by atoms with Gasteiger partial charge in [-0.2, -0.15) is 0 Å². The summed E-state index contributed by atoms with van der Waals surface area (Å²) in [5.74, 6) is 0.0300. The standard InChI is InChI=1S/C20H23N3O2/c1-15(24)22-18-8-11-23(12-9-18)20(25)17-7-10-21-19(14-17)13-16-5-3-2-4-6-16/h2-7,10,14,18H,8-9,11-13H2,1H3,(H,22,24). The van der Waals surface area contributed by atoms with E-state index < -0.39 is 0 Å². The number of pyridine rings is 1. The monoisotopic (exact) mass is 337 g/mol. The van der Waals surface area contributed by atoms with Gasteiger partial charge in [0.25, 0.3) is 5.91 Å². The first-order valence-corrected chi connectivity index (χ1v) is 8.67. The molecule has 0 radical (unpaired) electrons. The molecule has 0 aliphatic carbocycles. The summed E-state index contributed by atoms with van der Waals surface area (Å²) in [6.45, 7) is 2.86. The number of benzene rings is 1. The fourth-order valence-corrected chi connectivity index (χ4v) is 3.21. The van der Waals surface area contributed by atoms with E-state index in [0.29, 0.717) is 25.1 Å². The van der Waals surface area contributed by atoms with Crippen molar-refractivity contribution in [2.75, 3.05) is 13.1 Å². The maximum absolute atomic E-state index is 12.7. The van der Waals surface area contributed by atoms with Crippen LogP contribution in [0.3, 0.4) is 0 Å². The molecule has 1 aliphatic rings. The van der Waals surface area contributed by atoms with Crippen LogP contribution in [0, 0.1) is 0 Å². The van der Waals surface area contributed by atoms with Crippen molar-refractivity contribution in [3.63, 3.8) is 0 Å². The van der Waals surface area contributed by atoms with Gasteiger partial charge in [0.2, 0.25) is 5.91 Å². The fraction of sp³-hybridized carbons (Fsp3) is 0.350. The highest BCUT2D eigenvalue weighted by atomic mass is 16.2. The lowest BCUT2D eigenvalue weighted by atomic mass is 10.0. The zero-order chi connectivity index (χ0) is 17.6. The Labute approximate surface area is 148 Å². The molecule has 1 saturated heterocycles. The van der Waals surface area contributed by atoms with Gasteiger partial charge in [-0.3, -0.25) is 14.6 Å². The number of hydrogen-bond donors (Lipinski definition) is 1. The van der Waals surface area contributed by atoms with Crippen LogP contribution in [0.1, 0.15) is 41.4 Å². The van der Waals surface area contributed by atoms with Crippen molar-refractivity contribution in [2.45, 2.75) is 32.2 Å². The molecule has 5 nitrogen and oxygen atoms in total. The minimum atomic E-state index is -0.00976. The van der Waals surface area contributed by atoms with E-state index in [4.69, 9.17) is 0 Å². The second kappa shape index (κ2) is 7.92. The molecule has 1 fully saturated rings. The SMILES string of the molecule is CC(=O)NC1CCN(C(=O)c2ccnc(Cc3ccccc3)c2)CC1. The predicted octanol–water partition coefficient (Wildman–Crippen LogP) is 2.41. The van der Waals surface area contributed by atoms with Crippen molar-refractivity contribution in [1.29, 1.82) is 0 Å². The largest absolute Gasteiger partial charge is 0.353 e. The minimum Gasteiger partial charge on any atom is -0.353 e. The molecule has 0 atom stereocenters. The molecule has 1 aliphatic heterocycles. The molecule has 0 unspecified atom stereocenters. The van der Waals surface area contributed by atoms with Crippen LogP contribution in [0.15, 0.2) is 48.7 Å². The third-order valence-electron chi connectivity index (χ3n) is 4.48. The number of rotatable bonds is 4. The van der Waals surface area contributed by atoms with Crippen LogP contribution in [-0.4, -0.2) is 40.8 Å². The van der Waals surface area contributed by atoms with Crippen LogP contribution in [0.2, 0.25) is 0 Å². The second-order valence-electron chi connectivity index (χ2n) is 6.47. The van der Waals surface area contributed by atoms with E-state index in [1.165, 1.54) is 12.5 Å². The zero-order valence-corrected chi connectivity index (χ0v) is 14.4. The van der Waals surface area contributed by atoms with Crippen molar-refractivity contribution in [1.82, 2.24) is 15.2 Å². The van der Waals surface area contributed by atoms with Gasteiger partial charge in [0, 0.05) is 49.9 Å². The number of carbonyl (C=O) groups excluding carboxylic acids is 2. The topological polar surface area (TPSA) is 62.3 Å². The summed E-state index contributed by atoms with van der Waals surface area (Å²) in [4.78, 5) is 30.1. The Bertz CT molecular complexity index is 738. The second-order valence-corrected chi connectivity index (χ2v) is 6.47. The summed E-state index contributed by atoms with van der Waals surface area (Å²) >= 11 is 0. The van der Waals surface area contributed by atoms with E-state index in [2.05, 4.69) is 22.4 Å². The van der Waals surface area contributed by atoms with Crippen LogP contribution in [-0.2, 0) is 11.2 Å². The Morgan fingerprint density at radius 1 is 1.16 bits per heavy atom. The summed E-state index contributed by atoms with van der Waals surface area (Å²) in [7, 11) is 0. The first kappa shape index (κ1) is 17.1. The molecule has 2 amide bonds. The molecule has 2 aromatic rings. The summed E-state index contributed by atoms with van der Waals surface area (Å²) < 4.78 is 0. The third kappa shape index (κ3) is 4.66. The zero-order valence-electron chi connectivity index (χ0n) is 14.4. The molecule has 1 aromatic heterocycles. The van der Waals surface area contributed by atoms with Crippen molar-refractivity contribution >= 4 is 11.8 Å². The predicted molar refractivity (Wildman–Crippen MR) is 96.2 cm³/mol. The molecule has 130 valence electrons. The van der Waals surface area contributed by atoms with Crippen molar-refractivity contribution in [2.24, 2.45) is 0 Å². The van der Waals surface area contributed by atoms with Gasteiger partial charge in [0.05, 0.1) is 0 Å². The quantitative estimate of drug-likeness (QED) is 0.932. The van der Waals surface area contributed by atoms with Crippen LogP contribution in [0.5, 0.6) is 0 Å². The third-order valence-corrected chi connectivity index (χ3v) is 4.48. The van der Waals surface area contributed by atoms with E-state index >= 15 is 0 Å². The van der Waals surface area contributed by atoms with E-state index in [-0.39, 0.29) is 17.9 Å². The highest BCUT2D eigenvalue weighted by molar-refractivity contribution is 5.94. The van der Waals surface area contributed by atoms with E-state index in [0.717, 1.165) is 18.5 Å². The highest BCUT2D eigenvalue weighted by Gasteiger charge is 2.24. The fourth-order valence-electron chi connectivity index (χ4n) is 3.21. The molecule has 1 aromatic carbocycles. The van der Waals surface area contributed by atoms with Gasteiger partial charge in [0.15, 0.2) is 0 Å². The Balaban J connectivity index is 1.63. The molecule has 0 spiro atoms. The van der Waals surface area contributed by atoms with Crippen LogP contribution in [0.4, 0.5) is 0 Å². The first-order chi connectivity index (χ1) is 12.1. The van der Waals surface area contributed by atoms with Gasteiger partial charge < -0.3 is 10.2 Å². The van der Waals surface area contributed by atoms with Gasteiger partial charge in [0.1, 0.15) is 0 Å². The van der Waals surface area contributed by atoms with Gasteiger partial charge in [-0.25, -0.2) is 0 Å². The number of amides is 2. The smallest absolute Gasteiger partial charge is 0.253 e. The number of piperidine rings is 1. The van der Waals surface area contributed by atoms with Crippen molar-refractivity contribution < 1.29 is 9.59 Å². The normalized spacial score (nSPS) is 15.0. The van der Waals surface area contributed by atoms with Crippen LogP contribution in [0.25, 0.3) is 0 Å². The van der Waals surface area contributed by atoms with E-state index in [1.54, 1.807) is 12.3 Å². The molecular weight excluding hydrogens is 314 g/mol. The maximum atomic E-state index is 12.7. The van der Waals surface area contributed by atoms with Gasteiger partial charge in [-0.15, -0.1) is 0 Å². The van der Waals surface area contributed by atoms with Crippen LogP contribution >= 0.6 is 0 Å². The number of hydrogen-bond acceptors (Lipinski definition) is 3. The number of aromatic nitrogens is 1. The lowest BCUT2D eigenvalue weighted by Crippen LogP contribution is -2.46. The van der Waals surface area contributed by atoms with Crippen molar-refractivity contribution in [3.05, 3.63) is 65.5 Å². The minimum absolute atomic E-state index is 0.00976. The maximum Gasteiger partial charge on any atom is 0.253 e. The van der Waals surface area contributed by atoms with Gasteiger partial charge in [-0.05, 0) is 30.5 Å². The highest BCUT2D eigenvalue weighted by Crippen LogP contribution is 2.15. The number of likely N-dealkylation sites (tertiary alicyclic amines) is 1. The average Bonchev–Trinajstić information content (AvgIpc) is 2.62. The lowest BCUT2D eigenvalue weighted by Gasteiger charge is -2.32. The van der Waals surface area contributed by atoms with Crippen molar-refractivity contribution in [3.8, 4) is 0 Å². The molecule has 0 bridgehead atoms. The molecular formula is C20H23N3O2. The van der Waals surface area contributed by atoms with Gasteiger partial charge >= 0.3 is 0 Å². The number of nitrogens with one attached hydrogen (secondary N) is 1. The molecule has 25 heavy (non-hydrogen) atoms. The molecule has 0 saturated carbocycles. The number of carbonyl (C=O) groups is 2. The summed E-state index contributed by atoms with van der Waals surface area (Å²) in [5, 5.41) is 2.93. The Hall–Kier alpha value is -2.69. The van der Waals surface area contributed by atoms with E-state index in [1.807, 2.05) is 29.2 Å². The lowest BCUT2D eigenvalue weighted by molar-refractivity contribution is -0.119. The Morgan fingerprint density at radius 2 is 1.88 bits per heavy atom. The molecule has 5 heteroatoms. The van der Waals surface area contributed by atoms with Gasteiger partial charge in [-0.1, -0.05) is 30.3 Å². The average molecular weight is 337 g/mol. The summed E-state index contributed by atoms with van der Waals surface area (Å²) in [5.41, 5.74) is 2.75. The van der Waals surface area contributed by atoms with Crippen LogP contribution < -0.4 is 5.32 Å². The Morgan fingerprint density at radius 3 is 2.56 bits per heavy atom. The number of nitrogens with zero attached hydrogens (tertiary/aromatic N) is 2. The molecule has 1 N–H and O–H groups in total. The molecule has 2 heterocycles. The summed E-state index contributed by atoms with van der Waals surface area (Å²) in [6.07, 6.45) is 4.02. The Kier molecular flexibility index (Phi) is 5.43. The first-order valence-electron chi connectivity index (χ1n) is 8.67.